The molecule has 2 fully saturated rings. The minimum Gasteiger partial charge on any atom is -0.497 e. The fraction of sp³-hybridized carbons (Fsp3) is 0.452. The topological polar surface area (TPSA) is 63.7 Å². The van der Waals surface area contributed by atoms with Crippen molar-refractivity contribution in [2.45, 2.75) is 45.3 Å². The Balaban J connectivity index is 1.47. The van der Waals surface area contributed by atoms with Crippen LogP contribution in [0.15, 0.2) is 48.2 Å². The van der Waals surface area contributed by atoms with Crippen molar-refractivity contribution < 1.29 is 23.7 Å². The monoisotopic (exact) mass is 533 g/mol. The second kappa shape index (κ2) is 10.8. The standard InChI is InChI=1S/C31H39N3O5/c1-7-22-16-28-31(9-11-32(12-10-31)19-21-13-24(36-3)17-25(14-21)37-4)34(8-2)30(35)33(28)20-23-15-26(38-5)18-27(39-6)29(22)23/h7,13-18H,8-12,19-20H2,1-6H3. The van der Waals surface area contributed by atoms with E-state index in [1.165, 1.54) is 0 Å². The molecule has 2 aromatic carbocycles. The van der Waals surface area contributed by atoms with Crippen LogP contribution in [0.3, 0.4) is 0 Å². The van der Waals surface area contributed by atoms with E-state index < -0.39 is 0 Å². The molecule has 0 aliphatic carbocycles. The smallest absolute Gasteiger partial charge is 0.325 e. The van der Waals surface area contributed by atoms with Crippen LogP contribution in [-0.2, 0) is 13.1 Å². The number of urea groups is 1. The molecule has 0 radical (unpaired) electrons. The summed E-state index contributed by atoms with van der Waals surface area (Å²) in [4.78, 5) is 20.4. The average Bonchev–Trinajstić information content (AvgIpc) is 3.07. The number of likely N-dealkylation sites (tertiary alicyclic amines) is 1. The van der Waals surface area contributed by atoms with E-state index in [-0.39, 0.29) is 11.6 Å². The number of benzene rings is 2. The van der Waals surface area contributed by atoms with Gasteiger partial charge in [0.1, 0.15) is 23.0 Å². The number of hydrogen-bond donors (Lipinski definition) is 0. The number of carbonyl (C=O) groups is 1. The Hall–Kier alpha value is -3.65. The maximum Gasteiger partial charge on any atom is 0.325 e. The van der Waals surface area contributed by atoms with Crippen LogP contribution in [0.2, 0.25) is 0 Å². The van der Waals surface area contributed by atoms with Crippen molar-refractivity contribution >= 4 is 11.6 Å². The summed E-state index contributed by atoms with van der Waals surface area (Å²) < 4.78 is 22.3. The quantitative estimate of drug-likeness (QED) is 0.481. The van der Waals surface area contributed by atoms with Crippen LogP contribution >= 0.6 is 0 Å². The zero-order valence-corrected chi connectivity index (χ0v) is 23.9. The highest BCUT2D eigenvalue weighted by Gasteiger charge is 2.54. The zero-order chi connectivity index (χ0) is 27.7. The molecule has 0 aromatic heterocycles. The molecule has 2 saturated heterocycles. The molecular weight excluding hydrogens is 494 g/mol. The molecule has 2 amide bonds. The van der Waals surface area contributed by atoms with Crippen molar-refractivity contribution in [2.24, 2.45) is 0 Å². The van der Waals surface area contributed by atoms with Gasteiger partial charge in [0.25, 0.3) is 0 Å². The zero-order valence-electron chi connectivity index (χ0n) is 23.9. The molecule has 0 bridgehead atoms. The average molecular weight is 534 g/mol. The second-order valence-corrected chi connectivity index (χ2v) is 10.3. The SMILES string of the molecule is CC=C1C=C2N(Cc3cc(OC)cc(OC)c31)C(=O)N(CC)C21CCN(Cc2cc(OC)cc(OC)c2)CC1. The summed E-state index contributed by atoms with van der Waals surface area (Å²) in [6.45, 7) is 7.83. The van der Waals surface area contributed by atoms with Gasteiger partial charge in [-0.3, -0.25) is 9.80 Å². The number of ether oxygens (including phenoxy) is 4. The fourth-order valence-corrected chi connectivity index (χ4v) is 6.44. The van der Waals surface area contributed by atoms with Gasteiger partial charge in [-0.1, -0.05) is 6.08 Å². The lowest BCUT2D eigenvalue weighted by Crippen LogP contribution is -2.53. The summed E-state index contributed by atoms with van der Waals surface area (Å²) in [5.41, 5.74) is 5.01. The molecule has 8 nitrogen and oxygen atoms in total. The lowest BCUT2D eigenvalue weighted by molar-refractivity contribution is 0.0890. The molecule has 3 aliphatic heterocycles. The van der Waals surface area contributed by atoms with E-state index >= 15 is 0 Å². The molecule has 208 valence electrons. The number of piperidine rings is 1. The number of fused-ring (bicyclic) bond motifs is 3. The first kappa shape index (κ1) is 26.9. The van der Waals surface area contributed by atoms with Gasteiger partial charge in [-0.25, -0.2) is 4.79 Å². The maximum atomic E-state index is 13.9. The third-order valence-corrected chi connectivity index (χ3v) is 8.40. The number of hydrogen-bond acceptors (Lipinski definition) is 6. The van der Waals surface area contributed by atoms with Gasteiger partial charge >= 0.3 is 6.03 Å². The summed E-state index contributed by atoms with van der Waals surface area (Å²) in [6.07, 6.45) is 6.06. The van der Waals surface area contributed by atoms with Crippen LogP contribution in [0.1, 0.15) is 43.4 Å². The lowest BCUT2D eigenvalue weighted by Gasteiger charge is -2.44. The first-order valence-corrected chi connectivity index (χ1v) is 13.6. The number of methoxy groups -OCH3 is 4. The molecule has 8 heteroatoms. The van der Waals surface area contributed by atoms with Crippen molar-refractivity contribution in [3.63, 3.8) is 0 Å². The first-order chi connectivity index (χ1) is 18.9. The molecule has 5 rings (SSSR count). The normalized spacial score (nSPS) is 19.5. The lowest BCUT2D eigenvalue weighted by atomic mass is 9.82. The van der Waals surface area contributed by atoms with Gasteiger partial charge in [0.2, 0.25) is 0 Å². The molecule has 0 unspecified atom stereocenters. The third-order valence-electron chi connectivity index (χ3n) is 8.40. The van der Waals surface area contributed by atoms with Gasteiger partial charge in [-0.15, -0.1) is 0 Å². The first-order valence-electron chi connectivity index (χ1n) is 13.6. The molecule has 0 N–H and O–H groups in total. The van der Waals surface area contributed by atoms with Gasteiger partial charge < -0.3 is 23.8 Å². The second-order valence-electron chi connectivity index (χ2n) is 10.3. The van der Waals surface area contributed by atoms with Crippen LogP contribution < -0.4 is 18.9 Å². The minimum atomic E-state index is -0.345. The van der Waals surface area contributed by atoms with E-state index in [9.17, 15) is 4.79 Å². The van der Waals surface area contributed by atoms with Crippen molar-refractivity contribution in [3.05, 3.63) is 64.9 Å². The predicted octanol–water partition coefficient (Wildman–Crippen LogP) is 5.31. The summed E-state index contributed by atoms with van der Waals surface area (Å²) >= 11 is 0. The van der Waals surface area contributed by atoms with Crippen molar-refractivity contribution in [1.82, 2.24) is 14.7 Å². The molecule has 3 heterocycles. The van der Waals surface area contributed by atoms with E-state index in [2.05, 4.69) is 41.0 Å². The Morgan fingerprint density at radius 3 is 2.10 bits per heavy atom. The minimum absolute atomic E-state index is 0.0693. The highest BCUT2D eigenvalue weighted by Crippen LogP contribution is 2.49. The van der Waals surface area contributed by atoms with Crippen molar-refractivity contribution in [1.29, 1.82) is 0 Å². The van der Waals surface area contributed by atoms with Crippen molar-refractivity contribution in [3.8, 4) is 23.0 Å². The largest absolute Gasteiger partial charge is 0.497 e. The van der Waals surface area contributed by atoms with Gasteiger partial charge in [0, 0.05) is 49.6 Å². The van der Waals surface area contributed by atoms with Crippen LogP contribution in [0, 0.1) is 0 Å². The molecular formula is C31H39N3O5. The molecule has 2 aromatic rings. The number of rotatable bonds is 7. The Labute approximate surface area is 231 Å². The van der Waals surface area contributed by atoms with Crippen LogP contribution in [0.5, 0.6) is 23.0 Å². The summed E-state index contributed by atoms with van der Waals surface area (Å²) in [7, 11) is 6.69. The highest BCUT2D eigenvalue weighted by molar-refractivity contribution is 5.88. The predicted molar refractivity (Wildman–Crippen MR) is 151 cm³/mol. The van der Waals surface area contributed by atoms with Crippen LogP contribution in [-0.4, -0.2) is 74.3 Å². The Bertz CT molecular complexity index is 1290. The van der Waals surface area contributed by atoms with Gasteiger partial charge in [0.05, 0.1) is 40.5 Å². The van der Waals surface area contributed by atoms with E-state index in [1.807, 2.05) is 30.0 Å². The van der Waals surface area contributed by atoms with E-state index in [4.69, 9.17) is 18.9 Å². The van der Waals surface area contributed by atoms with Gasteiger partial charge in [-0.2, -0.15) is 0 Å². The van der Waals surface area contributed by atoms with Gasteiger partial charge in [-0.05, 0) is 67.7 Å². The number of amides is 2. The van der Waals surface area contributed by atoms with Gasteiger partial charge in [0.15, 0.2) is 0 Å². The Morgan fingerprint density at radius 2 is 1.54 bits per heavy atom. The Morgan fingerprint density at radius 1 is 0.897 bits per heavy atom. The van der Waals surface area contributed by atoms with E-state index in [0.29, 0.717) is 13.1 Å². The molecule has 1 spiro atoms. The van der Waals surface area contributed by atoms with E-state index in [0.717, 1.165) is 83.4 Å². The number of nitrogens with zero attached hydrogens (tertiary/aromatic N) is 3. The number of allylic oxidation sites excluding steroid dienone is 3. The van der Waals surface area contributed by atoms with Crippen LogP contribution in [0.25, 0.3) is 5.57 Å². The van der Waals surface area contributed by atoms with Crippen molar-refractivity contribution in [2.75, 3.05) is 48.1 Å². The molecule has 3 aliphatic rings. The molecule has 39 heavy (non-hydrogen) atoms. The maximum absolute atomic E-state index is 13.9. The summed E-state index contributed by atoms with van der Waals surface area (Å²) in [5, 5.41) is 0. The summed E-state index contributed by atoms with van der Waals surface area (Å²) in [5.74, 6) is 3.07. The van der Waals surface area contributed by atoms with Crippen LogP contribution in [0.4, 0.5) is 4.79 Å². The highest BCUT2D eigenvalue weighted by atomic mass is 16.5. The Kier molecular flexibility index (Phi) is 7.49. The van der Waals surface area contributed by atoms with E-state index in [1.54, 1.807) is 28.4 Å². The number of likely N-dealkylation sites (N-methyl/N-ethyl adjacent to an activating group) is 1. The number of carbonyl (C=O) groups excluding carboxylic acids is 1. The molecule has 0 saturated carbocycles. The third kappa shape index (κ3) is 4.61. The fourth-order valence-electron chi connectivity index (χ4n) is 6.44. The molecule has 0 atom stereocenters. The summed E-state index contributed by atoms with van der Waals surface area (Å²) in [6, 6.07) is 10.0.